The first-order valence-electron chi connectivity index (χ1n) is 8.36. The van der Waals surface area contributed by atoms with Crippen molar-refractivity contribution >= 4 is 11.7 Å². The Kier molecular flexibility index (Phi) is 6.77. The Bertz CT molecular complexity index is 771. The first-order chi connectivity index (χ1) is 12.1. The highest BCUT2D eigenvalue weighted by Gasteiger charge is 2.09. The van der Waals surface area contributed by atoms with Crippen molar-refractivity contribution in [3.05, 3.63) is 64.1 Å². The summed E-state index contributed by atoms with van der Waals surface area (Å²) in [5, 5.41) is 3.16. The summed E-state index contributed by atoms with van der Waals surface area (Å²) >= 11 is 0. The van der Waals surface area contributed by atoms with Crippen molar-refractivity contribution < 1.29 is 9.53 Å². The summed E-state index contributed by atoms with van der Waals surface area (Å²) in [5.41, 5.74) is 2.33. The van der Waals surface area contributed by atoms with Crippen molar-refractivity contribution in [3.63, 3.8) is 0 Å². The molecule has 0 fully saturated rings. The molecule has 0 bridgehead atoms. The lowest BCUT2D eigenvalue weighted by Gasteiger charge is -2.23. The van der Waals surface area contributed by atoms with Gasteiger partial charge in [-0.3, -0.25) is 4.79 Å². The second-order valence-electron chi connectivity index (χ2n) is 5.73. The van der Waals surface area contributed by atoms with E-state index >= 15 is 0 Å². The zero-order chi connectivity index (χ0) is 18.2. The number of nitrogens with one attached hydrogen (secondary N) is 1. The van der Waals surface area contributed by atoms with Gasteiger partial charge in [-0.25, -0.2) is 4.79 Å². The van der Waals surface area contributed by atoms with Crippen LogP contribution < -0.4 is 15.8 Å². The number of anilines is 1. The Morgan fingerprint density at radius 3 is 2.76 bits per heavy atom. The van der Waals surface area contributed by atoms with Gasteiger partial charge in [-0.2, -0.15) is 0 Å². The van der Waals surface area contributed by atoms with Crippen LogP contribution in [0.25, 0.3) is 0 Å². The van der Waals surface area contributed by atoms with Crippen LogP contribution in [-0.2, 0) is 11.3 Å². The second-order valence-corrected chi connectivity index (χ2v) is 5.73. The predicted molar refractivity (Wildman–Crippen MR) is 99.4 cm³/mol. The van der Waals surface area contributed by atoms with E-state index in [1.807, 2.05) is 19.2 Å². The fourth-order valence-electron chi connectivity index (χ4n) is 2.66. The molecule has 0 aliphatic rings. The largest absolute Gasteiger partial charge is 0.465 e. The van der Waals surface area contributed by atoms with E-state index in [-0.39, 0.29) is 5.56 Å². The number of hydrogen-bond acceptors (Lipinski definition) is 5. The molecule has 1 aromatic carbocycles. The number of aromatic nitrogens is 1. The molecule has 0 amide bonds. The number of carbonyl (C=O) groups is 1. The Labute approximate surface area is 148 Å². The van der Waals surface area contributed by atoms with Gasteiger partial charge in [-0.1, -0.05) is 12.1 Å². The fourth-order valence-corrected chi connectivity index (χ4v) is 2.66. The highest BCUT2D eigenvalue weighted by molar-refractivity contribution is 5.88. The Morgan fingerprint density at radius 2 is 2.08 bits per heavy atom. The summed E-state index contributed by atoms with van der Waals surface area (Å²) in [5.74, 6) is -0.452. The molecule has 0 aliphatic carbocycles. The molecule has 1 heterocycles. The first-order valence-corrected chi connectivity index (χ1v) is 8.36. The molecule has 0 aliphatic heterocycles. The van der Waals surface area contributed by atoms with E-state index in [0.29, 0.717) is 12.1 Å². The van der Waals surface area contributed by atoms with Gasteiger partial charge in [0.15, 0.2) is 0 Å². The average Bonchev–Trinajstić information content (AvgIpc) is 2.64. The van der Waals surface area contributed by atoms with E-state index in [9.17, 15) is 9.59 Å². The minimum atomic E-state index is -0.452. The third-order valence-corrected chi connectivity index (χ3v) is 4.05. The molecule has 0 atom stereocenters. The number of likely N-dealkylation sites (N-methyl/N-ethyl adjacent to an activating group) is 2. The summed E-state index contributed by atoms with van der Waals surface area (Å²) < 4.78 is 6.24. The number of pyridine rings is 1. The van der Waals surface area contributed by atoms with Crippen molar-refractivity contribution in [1.82, 2.24) is 9.88 Å². The molecule has 0 radical (unpaired) electrons. The van der Waals surface area contributed by atoms with Crippen molar-refractivity contribution in [1.29, 1.82) is 0 Å². The number of ether oxygens (including phenoxy) is 1. The van der Waals surface area contributed by atoms with E-state index in [0.717, 1.165) is 30.9 Å². The van der Waals surface area contributed by atoms with Crippen LogP contribution in [0.5, 0.6) is 0 Å². The molecule has 1 aromatic heterocycles. The van der Waals surface area contributed by atoms with Crippen LogP contribution in [0.3, 0.4) is 0 Å². The third kappa shape index (κ3) is 4.93. The number of nitrogens with zero attached hydrogens (tertiary/aromatic N) is 2. The molecule has 134 valence electrons. The monoisotopic (exact) mass is 343 g/mol. The Hall–Kier alpha value is -2.60. The lowest BCUT2D eigenvalue weighted by atomic mass is 10.1. The van der Waals surface area contributed by atoms with Gasteiger partial charge in [0.05, 0.1) is 19.2 Å². The molecule has 0 saturated heterocycles. The number of benzene rings is 1. The van der Waals surface area contributed by atoms with Gasteiger partial charge in [0.1, 0.15) is 0 Å². The average molecular weight is 343 g/mol. The van der Waals surface area contributed by atoms with Crippen molar-refractivity contribution in [3.8, 4) is 0 Å². The molecule has 0 saturated carbocycles. The van der Waals surface area contributed by atoms with E-state index in [1.54, 1.807) is 6.20 Å². The van der Waals surface area contributed by atoms with Crippen LogP contribution in [0.4, 0.5) is 5.69 Å². The van der Waals surface area contributed by atoms with E-state index in [1.165, 1.54) is 23.8 Å². The normalized spacial score (nSPS) is 10.5. The molecule has 0 spiro atoms. The zero-order valence-corrected chi connectivity index (χ0v) is 15.0. The van der Waals surface area contributed by atoms with Crippen LogP contribution in [0.1, 0.15) is 22.8 Å². The highest BCUT2D eigenvalue weighted by Crippen LogP contribution is 2.16. The molecule has 1 N–H and O–H groups in total. The minimum absolute atomic E-state index is 0.152. The van der Waals surface area contributed by atoms with Crippen LogP contribution in [0.2, 0.25) is 0 Å². The number of rotatable bonds is 8. The zero-order valence-electron chi connectivity index (χ0n) is 15.0. The molecule has 25 heavy (non-hydrogen) atoms. The van der Waals surface area contributed by atoms with Gasteiger partial charge < -0.3 is 19.5 Å². The van der Waals surface area contributed by atoms with Crippen LogP contribution >= 0.6 is 0 Å². The minimum Gasteiger partial charge on any atom is -0.465 e. The van der Waals surface area contributed by atoms with Crippen molar-refractivity contribution in [2.24, 2.45) is 0 Å². The van der Waals surface area contributed by atoms with E-state index in [2.05, 4.69) is 29.3 Å². The van der Waals surface area contributed by atoms with Gasteiger partial charge in [0.2, 0.25) is 0 Å². The van der Waals surface area contributed by atoms with Crippen molar-refractivity contribution in [2.75, 3.05) is 38.7 Å². The lowest BCUT2D eigenvalue weighted by Crippen LogP contribution is -2.30. The fraction of sp³-hybridized carbons (Fsp3) is 0.368. The molecule has 2 rings (SSSR count). The molecular weight excluding hydrogens is 318 g/mol. The third-order valence-electron chi connectivity index (χ3n) is 4.05. The summed E-state index contributed by atoms with van der Waals surface area (Å²) in [6, 6.07) is 11.0. The van der Waals surface area contributed by atoms with E-state index < -0.39 is 5.97 Å². The van der Waals surface area contributed by atoms with E-state index in [4.69, 9.17) is 4.74 Å². The van der Waals surface area contributed by atoms with Gasteiger partial charge in [0, 0.05) is 37.6 Å². The number of hydrogen-bond donors (Lipinski definition) is 1. The Morgan fingerprint density at radius 1 is 1.28 bits per heavy atom. The Balaban J connectivity index is 2.24. The maximum absolute atomic E-state index is 12.1. The molecule has 2 aromatic rings. The van der Waals surface area contributed by atoms with Gasteiger partial charge >= 0.3 is 5.97 Å². The first kappa shape index (κ1) is 18.7. The summed E-state index contributed by atoms with van der Waals surface area (Å²) in [6.07, 6.45) is 1.54. The number of carbonyl (C=O) groups excluding carboxylic acids is 1. The maximum atomic E-state index is 12.1. The standard InChI is InChI=1S/C19H25N3O3/c1-4-21(11-10-20-2)17-7-5-6-15(12-17)13-22-14-16(19(24)25-3)8-9-18(22)23/h5-9,12,14,20H,4,10-11,13H2,1-3H3. The van der Waals surface area contributed by atoms with Crippen LogP contribution in [-0.4, -0.2) is 44.3 Å². The summed E-state index contributed by atoms with van der Waals surface area (Å²) in [4.78, 5) is 26.0. The van der Waals surface area contributed by atoms with Gasteiger partial charge in [-0.15, -0.1) is 0 Å². The smallest absolute Gasteiger partial charge is 0.339 e. The maximum Gasteiger partial charge on any atom is 0.339 e. The molecule has 0 unspecified atom stereocenters. The molecule has 6 heteroatoms. The molecular formula is C19H25N3O3. The van der Waals surface area contributed by atoms with Gasteiger partial charge in [0.25, 0.3) is 5.56 Å². The van der Waals surface area contributed by atoms with Crippen molar-refractivity contribution in [2.45, 2.75) is 13.5 Å². The number of methoxy groups -OCH3 is 1. The quantitative estimate of drug-likeness (QED) is 0.740. The second kappa shape index (κ2) is 9.03. The van der Waals surface area contributed by atoms with Crippen LogP contribution in [0.15, 0.2) is 47.4 Å². The molecule has 6 nitrogen and oxygen atoms in total. The van der Waals surface area contributed by atoms with Gasteiger partial charge in [-0.05, 0) is 37.7 Å². The summed E-state index contributed by atoms with van der Waals surface area (Å²) in [7, 11) is 3.26. The SMILES string of the molecule is CCN(CCNC)c1cccc(Cn2cc(C(=O)OC)ccc2=O)c1. The number of esters is 1. The highest BCUT2D eigenvalue weighted by atomic mass is 16.5. The lowest BCUT2D eigenvalue weighted by molar-refractivity contribution is 0.0599. The predicted octanol–water partition coefficient (Wildman–Crippen LogP) is 1.73. The topological polar surface area (TPSA) is 63.6 Å². The summed E-state index contributed by atoms with van der Waals surface area (Å²) in [6.45, 7) is 5.24. The van der Waals surface area contributed by atoms with Crippen LogP contribution in [0, 0.1) is 0 Å².